The molecule has 0 bridgehead atoms. The number of rotatable bonds is 6. The van der Waals surface area contributed by atoms with Crippen LogP contribution in [-0.2, 0) is 11.3 Å². The summed E-state index contributed by atoms with van der Waals surface area (Å²) < 4.78 is 4.90. The number of amides is 1. The van der Waals surface area contributed by atoms with Gasteiger partial charge in [0.2, 0.25) is 0 Å². The summed E-state index contributed by atoms with van der Waals surface area (Å²) in [6, 6.07) is 21.2. The zero-order valence-electron chi connectivity index (χ0n) is 13.4. The Morgan fingerprint density at radius 1 is 1.17 bits per heavy atom. The average Bonchev–Trinajstić information content (AvgIpc) is 2.65. The van der Waals surface area contributed by atoms with Gasteiger partial charge in [0.25, 0.3) is 0 Å². The van der Waals surface area contributed by atoms with E-state index < -0.39 is 11.5 Å². The van der Waals surface area contributed by atoms with Crippen LogP contribution in [0.15, 0.2) is 60.7 Å². The summed E-state index contributed by atoms with van der Waals surface area (Å²) >= 11 is 6.22. The molecule has 1 amide bonds. The lowest BCUT2D eigenvalue weighted by atomic mass is 9.95. The second-order valence-electron chi connectivity index (χ2n) is 5.38. The Balaban J connectivity index is 2.24. The summed E-state index contributed by atoms with van der Waals surface area (Å²) in [4.78, 5) is 13.7. The van der Waals surface area contributed by atoms with Gasteiger partial charge in [-0.25, -0.2) is 4.79 Å². The Kier molecular flexibility index (Phi) is 6.65. The molecule has 0 spiro atoms. The molecule has 0 aliphatic carbocycles. The van der Waals surface area contributed by atoms with Crippen LogP contribution < -0.4 is 0 Å². The smallest absolute Gasteiger partial charge is 0.409 e. The molecule has 0 radical (unpaired) electrons. The van der Waals surface area contributed by atoms with E-state index in [9.17, 15) is 10.1 Å². The SMILES string of the molecule is COC(=O)N(Cc1ccccc1)C[C@@H](c1ccccc1)[C@@H](Cl)C#N. The first-order valence-corrected chi connectivity index (χ1v) is 8.04. The molecule has 5 heteroatoms. The maximum atomic E-state index is 12.2. The van der Waals surface area contributed by atoms with Gasteiger partial charge in [-0.05, 0) is 11.1 Å². The van der Waals surface area contributed by atoms with Gasteiger partial charge in [-0.2, -0.15) is 5.26 Å². The maximum absolute atomic E-state index is 12.2. The van der Waals surface area contributed by atoms with Gasteiger partial charge in [-0.3, -0.25) is 0 Å². The fourth-order valence-corrected chi connectivity index (χ4v) is 2.76. The molecular formula is C19H19ClN2O2. The molecule has 0 aliphatic rings. The third kappa shape index (κ3) is 4.74. The highest BCUT2D eigenvalue weighted by Gasteiger charge is 2.26. The van der Waals surface area contributed by atoms with Gasteiger partial charge in [0.05, 0.1) is 13.2 Å². The van der Waals surface area contributed by atoms with Gasteiger partial charge in [0.15, 0.2) is 0 Å². The summed E-state index contributed by atoms with van der Waals surface area (Å²) in [6.07, 6.45) is -0.443. The summed E-state index contributed by atoms with van der Waals surface area (Å²) in [5, 5.41) is 8.51. The molecule has 0 saturated heterocycles. The molecule has 124 valence electrons. The number of carbonyl (C=O) groups is 1. The number of halogens is 1. The minimum absolute atomic E-state index is 0.299. The fraction of sp³-hybridized carbons (Fsp3) is 0.263. The first kappa shape index (κ1) is 17.8. The van der Waals surface area contributed by atoms with Crippen molar-refractivity contribution in [3.8, 4) is 6.07 Å². The van der Waals surface area contributed by atoms with Crippen molar-refractivity contribution < 1.29 is 9.53 Å². The van der Waals surface area contributed by atoms with Crippen LogP contribution in [0.3, 0.4) is 0 Å². The molecule has 2 aromatic rings. The Morgan fingerprint density at radius 3 is 2.29 bits per heavy atom. The highest BCUT2D eigenvalue weighted by Crippen LogP contribution is 2.25. The van der Waals surface area contributed by atoms with Gasteiger partial charge in [-0.15, -0.1) is 11.6 Å². The number of alkyl halides is 1. The van der Waals surface area contributed by atoms with E-state index in [2.05, 4.69) is 6.07 Å². The van der Waals surface area contributed by atoms with Gasteiger partial charge >= 0.3 is 6.09 Å². The van der Waals surface area contributed by atoms with Gasteiger partial charge in [-0.1, -0.05) is 60.7 Å². The van der Waals surface area contributed by atoms with E-state index in [1.165, 1.54) is 7.11 Å². The zero-order chi connectivity index (χ0) is 17.4. The van der Waals surface area contributed by atoms with Gasteiger partial charge < -0.3 is 9.64 Å². The topological polar surface area (TPSA) is 53.3 Å². The molecule has 0 N–H and O–H groups in total. The average molecular weight is 343 g/mol. The van der Waals surface area contributed by atoms with E-state index in [-0.39, 0.29) is 5.92 Å². The first-order valence-electron chi connectivity index (χ1n) is 7.61. The third-order valence-electron chi connectivity index (χ3n) is 3.77. The van der Waals surface area contributed by atoms with E-state index in [4.69, 9.17) is 16.3 Å². The highest BCUT2D eigenvalue weighted by molar-refractivity contribution is 6.22. The van der Waals surface area contributed by atoms with Crippen molar-refractivity contribution in [1.29, 1.82) is 5.26 Å². The molecule has 0 unspecified atom stereocenters. The zero-order valence-corrected chi connectivity index (χ0v) is 14.2. The number of methoxy groups -OCH3 is 1. The molecule has 2 aromatic carbocycles. The van der Waals surface area contributed by atoms with Crippen LogP contribution in [0, 0.1) is 11.3 Å². The quantitative estimate of drug-likeness (QED) is 0.740. The third-order valence-corrected chi connectivity index (χ3v) is 4.17. The molecule has 2 atom stereocenters. The Morgan fingerprint density at radius 2 is 1.75 bits per heavy atom. The minimum Gasteiger partial charge on any atom is -0.453 e. The minimum atomic E-state index is -0.740. The number of nitriles is 1. The van der Waals surface area contributed by atoms with Crippen LogP contribution >= 0.6 is 11.6 Å². The lowest BCUT2D eigenvalue weighted by Crippen LogP contribution is -2.36. The molecule has 0 aromatic heterocycles. The molecule has 0 saturated carbocycles. The lowest BCUT2D eigenvalue weighted by Gasteiger charge is -2.27. The second kappa shape index (κ2) is 8.95. The van der Waals surface area contributed by atoms with E-state index in [0.29, 0.717) is 13.1 Å². The standard InChI is InChI=1S/C19H19ClN2O2/c1-24-19(23)22(13-15-8-4-2-5-9-15)14-17(18(20)12-21)16-10-6-3-7-11-16/h2-11,17-18H,13-14H2,1H3/t17-,18-/m0/s1. The van der Waals surface area contributed by atoms with E-state index in [1.807, 2.05) is 60.7 Å². The Labute approximate surface area is 147 Å². The van der Waals surface area contributed by atoms with Crippen molar-refractivity contribution in [2.45, 2.75) is 17.8 Å². The number of ether oxygens (including phenoxy) is 1. The summed E-state index contributed by atoms with van der Waals surface area (Å²) in [7, 11) is 1.35. The highest BCUT2D eigenvalue weighted by atomic mass is 35.5. The summed E-state index contributed by atoms with van der Waals surface area (Å²) in [6.45, 7) is 0.694. The molecule has 24 heavy (non-hydrogen) atoms. The van der Waals surface area contributed by atoms with E-state index in [0.717, 1.165) is 11.1 Å². The second-order valence-corrected chi connectivity index (χ2v) is 5.85. The fourth-order valence-electron chi connectivity index (χ4n) is 2.53. The predicted octanol–water partition coefficient (Wildman–Crippen LogP) is 4.17. The van der Waals surface area contributed by atoms with E-state index in [1.54, 1.807) is 4.90 Å². The van der Waals surface area contributed by atoms with E-state index >= 15 is 0 Å². The van der Waals surface area contributed by atoms with Crippen LogP contribution in [0.5, 0.6) is 0 Å². The van der Waals surface area contributed by atoms with Crippen molar-refractivity contribution in [3.05, 3.63) is 71.8 Å². The number of carbonyl (C=O) groups excluding carboxylic acids is 1. The summed E-state index contributed by atoms with van der Waals surface area (Å²) in [5.41, 5.74) is 1.90. The van der Waals surface area contributed by atoms with Crippen molar-refractivity contribution in [1.82, 2.24) is 4.90 Å². The number of hydrogen-bond donors (Lipinski definition) is 0. The molecule has 0 aliphatic heterocycles. The largest absolute Gasteiger partial charge is 0.453 e. The van der Waals surface area contributed by atoms with Crippen molar-refractivity contribution in [3.63, 3.8) is 0 Å². The van der Waals surface area contributed by atoms with Crippen LogP contribution in [-0.4, -0.2) is 30.0 Å². The Bertz CT molecular complexity index is 686. The number of nitrogens with zero attached hydrogens (tertiary/aromatic N) is 2. The number of benzene rings is 2. The summed E-state index contributed by atoms with van der Waals surface area (Å²) in [5.74, 6) is -0.305. The van der Waals surface area contributed by atoms with Crippen molar-refractivity contribution in [2.75, 3.05) is 13.7 Å². The van der Waals surface area contributed by atoms with Gasteiger partial charge in [0.1, 0.15) is 5.38 Å². The molecular weight excluding hydrogens is 324 g/mol. The van der Waals surface area contributed by atoms with Crippen LogP contribution in [0.2, 0.25) is 0 Å². The lowest BCUT2D eigenvalue weighted by molar-refractivity contribution is 0.118. The molecule has 0 fully saturated rings. The molecule has 0 heterocycles. The Hall–Kier alpha value is -2.51. The van der Waals surface area contributed by atoms with Crippen LogP contribution in [0.25, 0.3) is 0 Å². The predicted molar refractivity (Wildman–Crippen MR) is 93.7 cm³/mol. The normalized spacial score (nSPS) is 12.7. The van der Waals surface area contributed by atoms with Crippen molar-refractivity contribution >= 4 is 17.7 Å². The maximum Gasteiger partial charge on any atom is 0.409 e. The monoisotopic (exact) mass is 342 g/mol. The van der Waals surface area contributed by atoms with Crippen LogP contribution in [0.1, 0.15) is 17.0 Å². The molecule has 4 nitrogen and oxygen atoms in total. The molecule has 2 rings (SSSR count). The van der Waals surface area contributed by atoms with Crippen molar-refractivity contribution in [2.24, 2.45) is 0 Å². The van der Waals surface area contributed by atoms with Gasteiger partial charge in [0, 0.05) is 19.0 Å². The first-order chi connectivity index (χ1) is 11.7. The van der Waals surface area contributed by atoms with Crippen LogP contribution in [0.4, 0.5) is 4.79 Å². The number of hydrogen-bond acceptors (Lipinski definition) is 3.